The highest BCUT2D eigenvalue weighted by Gasteiger charge is 2.42. The first-order valence-electron chi connectivity index (χ1n) is 6.74. The zero-order valence-electron chi connectivity index (χ0n) is 11.1. The van der Waals surface area contributed by atoms with Crippen molar-refractivity contribution in [2.45, 2.75) is 37.5 Å². The van der Waals surface area contributed by atoms with Crippen molar-refractivity contribution in [1.82, 2.24) is 15.0 Å². The maximum absolute atomic E-state index is 11.1. The first kappa shape index (κ1) is 13.5. The van der Waals surface area contributed by atoms with Gasteiger partial charge in [-0.2, -0.15) is 0 Å². The van der Waals surface area contributed by atoms with Gasteiger partial charge >= 0.3 is 5.97 Å². The summed E-state index contributed by atoms with van der Waals surface area (Å²) in [6.07, 6.45) is 2.39. The van der Waals surface area contributed by atoms with Gasteiger partial charge in [0.2, 0.25) is 0 Å². The van der Waals surface area contributed by atoms with Gasteiger partial charge in [-0.05, 0) is 6.42 Å². The lowest BCUT2D eigenvalue weighted by molar-refractivity contribution is -0.0967. The second-order valence-electron chi connectivity index (χ2n) is 5.32. The topological polar surface area (TPSA) is 112 Å². The molecule has 0 aromatic carbocycles. The molecule has 3 N–H and O–H groups in total. The number of nitrogens with zero attached hydrogens (tertiary/aromatic N) is 3. The minimum absolute atomic E-state index is 0.0595. The number of carbonyl (C=O) groups is 1. The molecule has 8 nitrogen and oxygen atoms in total. The van der Waals surface area contributed by atoms with Gasteiger partial charge in [-0.1, -0.05) is 5.21 Å². The van der Waals surface area contributed by atoms with Crippen molar-refractivity contribution in [3.63, 3.8) is 0 Å². The maximum atomic E-state index is 11.1. The van der Waals surface area contributed by atoms with Crippen LogP contribution in [0, 0.1) is 0 Å². The molecule has 2 aliphatic rings. The third kappa shape index (κ3) is 2.19. The van der Waals surface area contributed by atoms with E-state index < -0.39 is 5.97 Å². The number of nitrogens with two attached hydrogens (primary N) is 1. The van der Waals surface area contributed by atoms with E-state index in [9.17, 15) is 4.79 Å². The fourth-order valence-electron chi connectivity index (χ4n) is 3.04. The van der Waals surface area contributed by atoms with Gasteiger partial charge < -0.3 is 20.3 Å². The second kappa shape index (κ2) is 5.12. The van der Waals surface area contributed by atoms with Gasteiger partial charge in [-0.25, -0.2) is 9.48 Å². The van der Waals surface area contributed by atoms with Crippen molar-refractivity contribution in [3.05, 3.63) is 11.4 Å². The van der Waals surface area contributed by atoms with Crippen LogP contribution in [0.3, 0.4) is 0 Å². The molecule has 0 radical (unpaired) electrons. The van der Waals surface area contributed by atoms with Crippen LogP contribution < -0.4 is 5.73 Å². The highest BCUT2D eigenvalue weighted by Crippen LogP contribution is 2.38. The van der Waals surface area contributed by atoms with Crippen LogP contribution in [0.5, 0.6) is 0 Å². The van der Waals surface area contributed by atoms with Gasteiger partial charge in [-0.3, -0.25) is 0 Å². The Kier molecular flexibility index (Phi) is 3.45. The highest BCUT2D eigenvalue weighted by molar-refractivity contribution is 5.86. The summed E-state index contributed by atoms with van der Waals surface area (Å²) < 4.78 is 13.0. The van der Waals surface area contributed by atoms with Crippen LogP contribution in [-0.4, -0.2) is 51.5 Å². The molecular weight excluding hydrogens is 264 g/mol. The second-order valence-corrected chi connectivity index (χ2v) is 5.32. The number of hydrogen-bond acceptors (Lipinski definition) is 6. The van der Waals surface area contributed by atoms with Gasteiger partial charge in [-0.15, -0.1) is 5.10 Å². The van der Waals surface area contributed by atoms with Crippen molar-refractivity contribution in [2.24, 2.45) is 5.73 Å². The minimum atomic E-state index is -1.09. The lowest BCUT2D eigenvalue weighted by atomic mass is 9.89. The van der Waals surface area contributed by atoms with Crippen molar-refractivity contribution < 1.29 is 19.4 Å². The summed E-state index contributed by atoms with van der Waals surface area (Å²) >= 11 is 0. The molecule has 3 rings (SSSR count). The van der Waals surface area contributed by atoms with Crippen molar-refractivity contribution >= 4 is 5.97 Å². The van der Waals surface area contributed by atoms with Crippen LogP contribution in [0.25, 0.3) is 0 Å². The van der Waals surface area contributed by atoms with Gasteiger partial charge in [0, 0.05) is 32.6 Å². The van der Waals surface area contributed by atoms with E-state index in [1.54, 1.807) is 4.68 Å². The van der Waals surface area contributed by atoms with Crippen LogP contribution in [-0.2, 0) is 16.0 Å². The molecule has 0 aliphatic carbocycles. The molecule has 3 heterocycles. The minimum Gasteiger partial charge on any atom is -0.476 e. The van der Waals surface area contributed by atoms with Gasteiger partial charge in [0.15, 0.2) is 5.69 Å². The van der Waals surface area contributed by atoms with Gasteiger partial charge in [0.1, 0.15) is 0 Å². The van der Waals surface area contributed by atoms with E-state index in [4.69, 9.17) is 20.3 Å². The van der Waals surface area contributed by atoms with Crippen LogP contribution in [0.2, 0.25) is 0 Å². The summed E-state index contributed by atoms with van der Waals surface area (Å²) in [6.45, 7) is 2.01. The molecule has 20 heavy (non-hydrogen) atoms. The zero-order valence-corrected chi connectivity index (χ0v) is 11.1. The lowest BCUT2D eigenvalue weighted by Crippen LogP contribution is -2.41. The molecule has 1 aromatic heterocycles. The van der Waals surface area contributed by atoms with Crippen LogP contribution in [0.4, 0.5) is 0 Å². The Morgan fingerprint density at radius 1 is 1.55 bits per heavy atom. The molecule has 1 spiro atoms. The average Bonchev–Trinajstić information content (AvgIpc) is 3.05. The van der Waals surface area contributed by atoms with E-state index in [-0.39, 0.29) is 23.9 Å². The predicted molar refractivity (Wildman–Crippen MR) is 67.3 cm³/mol. The van der Waals surface area contributed by atoms with Gasteiger partial charge in [0.05, 0.1) is 23.9 Å². The van der Waals surface area contributed by atoms with Crippen LogP contribution in [0.15, 0.2) is 0 Å². The van der Waals surface area contributed by atoms with Crippen molar-refractivity contribution in [1.29, 1.82) is 0 Å². The normalized spacial score (nSPS) is 29.9. The Labute approximate surface area is 115 Å². The first-order valence-corrected chi connectivity index (χ1v) is 6.74. The molecular formula is C12H18N4O4. The standard InChI is InChI=1S/C12H18N4O4/c13-6-9-10(11(17)18)14-15-16(9)8-1-3-20-12(5-8)2-4-19-7-12/h8H,1-7,13H2,(H,17,18). The molecule has 2 fully saturated rings. The smallest absolute Gasteiger partial charge is 0.358 e. The molecule has 0 amide bonds. The maximum Gasteiger partial charge on any atom is 0.358 e. The Morgan fingerprint density at radius 2 is 2.40 bits per heavy atom. The number of aromatic carboxylic acids is 1. The number of rotatable bonds is 3. The molecule has 2 saturated heterocycles. The molecule has 0 bridgehead atoms. The van der Waals surface area contributed by atoms with E-state index in [0.29, 0.717) is 25.5 Å². The summed E-state index contributed by atoms with van der Waals surface area (Å²) in [6, 6.07) is 0.0598. The molecule has 8 heteroatoms. The summed E-state index contributed by atoms with van der Waals surface area (Å²) in [5.74, 6) is -1.09. The van der Waals surface area contributed by atoms with E-state index >= 15 is 0 Å². The van der Waals surface area contributed by atoms with E-state index in [0.717, 1.165) is 19.3 Å². The number of carboxylic acids is 1. The lowest BCUT2D eigenvalue weighted by Gasteiger charge is -2.37. The molecule has 2 aliphatic heterocycles. The molecule has 110 valence electrons. The van der Waals surface area contributed by atoms with Crippen molar-refractivity contribution in [3.8, 4) is 0 Å². The largest absolute Gasteiger partial charge is 0.476 e. The summed E-state index contributed by atoms with van der Waals surface area (Å²) in [5, 5.41) is 16.8. The SMILES string of the molecule is NCc1c(C(=O)O)nnn1C1CCOC2(CCOC2)C1. The van der Waals surface area contributed by atoms with E-state index in [1.807, 2.05) is 0 Å². The third-order valence-corrected chi connectivity index (χ3v) is 4.07. The Balaban J connectivity index is 1.87. The Morgan fingerprint density at radius 3 is 3.05 bits per heavy atom. The third-order valence-electron chi connectivity index (χ3n) is 4.07. The summed E-state index contributed by atoms with van der Waals surface area (Å²) in [5.41, 5.74) is 5.82. The fourth-order valence-corrected chi connectivity index (χ4v) is 3.04. The molecule has 2 unspecified atom stereocenters. The summed E-state index contributed by atoms with van der Waals surface area (Å²) in [7, 11) is 0. The highest BCUT2D eigenvalue weighted by atomic mass is 16.6. The monoisotopic (exact) mass is 282 g/mol. The molecule has 1 aromatic rings. The first-order chi connectivity index (χ1) is 9.65. The van der Waals surface area contributed by atoms with Gasteiger partial charge in [0.25, 0.3) is 0 Å². The number of ether oxygens (including phenoxy) is 2. The predicted octanol–water partition coefficient (Wildman–Crippen LogP) is -0.0544. The summed E-state index contributed by atoms with van der Waals surface area (Å²) in [4.78, 5) is 11.1. The van der Waals surface area contributed by atoms with E-state index in [2.05, 4.69) is 10.3 Å². The number of carboxylic acid groups (broad SMARTS) is 1. The number of hydrogen-bond donors (Lipinski definition) is 2. The quantitative estimate of drug-likeness (QED) is 0.798. The average molecular weight is 282 g/mol. The molecule has 0 saturated carbocycles. The number of aromatic nitrogens is 3. The van der Waals surface area contributed by atoms with Crippen molar-refractivity contribution in [2.75, 3.05) is 19.8 Å². The zero-order chi connectivity index (χ0) is 14.2. The Bertz CT molecular complexity index is 510. The Hall–Kier alpha value is -1.51. The molecule has 2 atom stereocenters. The van der Waals surface area contributed by atoms with Crippen LogP contribution in [0.1, 0.15) is 41.5 Å². The van der Waals surface area contributed by atoms with Crippen LogP contribution >= 0.6 is 0 Å². The van der Waals surface area contributed by atoms with E-state index in [1.165, 1.54) is 0 Å². The fraction of sp³-hybridized carbons (Fsp3) is 0.750.